The quantitative estimate of drug-likeness (QED) is 0.887. The third-order valence-electron chi connectivity index (χ3n) is 3.66. The summed E-state index contributed by atoms with van der Waals surface area (Å²) in [5, 5.41) is 17.9. The molecule has 1 N–H and O–H groups in total. The van der Waals surface area contributed by atoms with Crippen molar-refractivity contribution < 1.29 is 9.90 Å². The van der Waals surface area contributed by atoms with Crippen LogP contribution >= 0.6 is 15.9 Å². The van der Waals surface area contributed by atoms with Crippen LogP contribution < -0.4 is 4.90 Å². The third-order valence-corrected chi connectivity index (χ3v) is 4.19. The number of aromatic carboxylic acids is 1. The van der Waals surface area contributed by atoms with E-state index in [0.717, 1.165) is 36.3 Å². The molecule has 1 aliphatic heterocycles. The van der Waals surface area contributed by atoms with Gasteiger partial charge in [-0.25, -0.2) is 4.79 Å². The maximum atomic E-state index is 11.5. The smallest absolute Gasteiger partial charge is 0.360 e. The van der Waals surface area contributed by atoms with E-state index in [1.165, 1.54) is 4.80 Å². The van der Waals surface area contributed by atoms with E-state index in [9.17, 15) is 9.90 Å². The lowest BCUT2D eigenvalue weighted by Crippen LogP contribution is -2.45. The molecule has 0 amide bonds. The molecule has 0 aliphatic carbocycles. The van der Waals surface area contributed by atoms with Crippen LogP contribution in [-0.2, 0) is 0 Å². The number of carbonyl (C=O) groups is 1. The maximum Gasteiger partial charge on any atom is 0.360 e. The predicted molar refractivity (Wildman–Crippen MR) is 85.7 cm³/mol. The molecule has 1 aliphatic rings. The summed E-state index contributed by atoms with van der Waals surface area (Å²) >= 11 is 3.37. The van der Waals surface area contributed by atoms with Crippen molar-refractivity contribution in [1.29, 1.82) is 0 Å². The van der Waals surface area contributed by atoms with Gasteiger partial charge < -0.3 is 14.9 Å². The van der Waals surface area contributed by atoms with Crippen molar-refractivity contribution in [3.63, 3.8) is 0 Å². The molecular formula is C14H16BrN5O2. The molecule has 1 aromatic heterocycles. The van der Waals surface area contributed by atoms with Crippen LogP contribution in [0.5, 0.6) is 0 Å². The number of likely N-dealkylation sites (N-methyl/N-ethyl adjacent to an activating group) is 1. The summed E-state index contributed by atoms with van der Waals surface area (Å²) in [6, 6.07) is 7.41. The Bertz CT molecular complexity index is 677. The minimum atomic E-state index is -1.06. The zero-order chi connectivity index (χ0) is 15.7. The number of aromatic nitrogens is 3. The monoisotopic (exact) mass is 365 g/mol. The number of hydrogen-bond acceptors (Lipinski definition) is 5. The highest BCUT2D eigenvalue weighted by atomic mass is 79.9. The van der Waals surface area contributed by atoms with Gasteiger partial charge in [0, 0.05) is 30.7 Å². The molecule has 3 rings (SSSR count). The number of piperazine rings is 1. The van der Waals surface area contributed by atoms with Gasteiger partial charge in [-0.3, -0.25) is 0 Å². The number of carboxylic acids is 1. The zero-order valence-corrected chi connectivity index (χ0v) is 13.7. The lowest BCUT2D eigenvalue weighted by molar-refractivity contribution is 0.0690. The molecule has 2 aromatic rings. The lowest BCUT2D eigenvalue weighted by atomic mass is 10.3. The molecule has 0 atom stereocenters. The van der Waals surface area contributed by atoms with Gasteiger partial charge in [0.2, 0.25) is 5.69 Å². The lowest BCUT2D eigenvalue weighted by Gasteiger charge is -2.32. The van der Waals surface area contributed by atoms with Gasteiger partial charge in [-0.1, -0.05) is 15.9 Å². The highest BCUT2D eigenvalue weighted by Crippen LogP contribution is 2.20. The first-order valence-electron chi connectivity index (χ1n) is 6.94. The van der Waals surface area contributed by atoms with Crippen molar-refractivity contribution in [3.05, 3.63) is 34.4 Å². The SMILES string of the molecule is CN1CCN(c2nn(-c3ccc(Br)cc3)nc2C(=O)O)CC1. The van der Waals surface area contributed by atoms with Crippen LogP contribution in [0.15, 0.2) is 28.7 Å². The Hall–Kier alpha value is -1.93. The molecule has 1 fully saturated rings. The Morgan fingerprint density at radius 2 is 1.77 bits per heavy atom. The highest BCUT2D eigenvalue weighted by Gasteiger charge is 2.25. The Kier molecular flexibility index (Phi) is 4.12. The Labute approximate surface area is 136 Å². The molecule has 0 bridgehead atoms. The van der Waals surface area contributed by atoms with E-state index in [4.69, 9.17) is 0 Å². The first-order valence-corrected chi connectivity index (χ1v) is 7.74. The van der Waals surface area contributed by atoms with Crippen molar-refractivity contribution >= 4 is 27.7 Å². The summed E-state index contributed by atoms with van der Waals surface area (Å²) in [7, 11) is 2.05. The van der Waals surface area contributed by atoms with Gasteiger partial charge in [0.25, 0.3) is 0 Å². The normalized spacial score (nSPS) is 16.0. The van der Waals surface area contributed by atoms with Crippen LogP contribution in [0.4, 0.5) is 5.82 Å². The molecule has 0 radical (unpaired) electrons. The number of carboxylic acid groups (broad SMARTS) is 1. The molecule has 1 saturated heterocycles. The molecule has 22 heavy (non-hydrogen) atoms. The second-order valence-electron chi connectivity index (χ2n) is 5.23. The molecule has 0 unspecified atom stereocenters. The standard InChI is InChI=1S/C14H16BrN5O2/c1-18-6-8-19(9-7-18)13-12(14(21)22)16-20(17-13)11-4-2-10(15)3-5-11/h2-5H,6-9H2,1H3,(H,21,22). The minimum absolute atomic E-state index is 0.00697. The van der Waals surface area contributed by atoms with Crippen molar-refractivity contribution in [2.24, 2.45) is 0 Å². The first-order chi connectivity index (χ1) is 10.5. The molecular weight excluding hydrogens is 350 g/mol. The number of rotatable bonds is 3. The number of benzene rings is 1. The molecule has 116 valence electrons. The third kappa shape index (κ3) is 2.97. The number of nitrogens with zero attached hydrogens (tertiary/aromatic N) is 5. The molecule has 8 heteroatoms. The van der Waals surface area contributed by atoms with E-state index in [0.29, 0.717) is 5.82 Å². The summed E-state index contributed by atoms with van der Waals surface area (Å²) < 4.78 is 0.946. The Morgan fingerprint density at radius 1 is 1.14 bits per heavy atom. The molecule has 0 saturated carbocycles. The fraction of sp³-hybridized carbons (Fsp3) is 0.357. The van der Waals surface area contributed by atoms with Gasteiger partial charge in [-0.2, -0.15) is 0 Å². The highest BCUT2D eigenvalue weighted by molar-refractivity contribution is 9.10. The zero-order valence-electron chi connectivity index (χ0n) is 12.1. The van der Waals surface area contributed by atoms with E-state index in [1.807, 2.05) is 36.2 Å². The molecule has 1 aromatic carbocycles. The fourth-order valence-corrected chi connectivity index (χ4v) is 2.62. The summed E-state index contributed by atoms with van der Waals surface area (Å²) in [6.07, 6.45) is 0. The van der Waals surface area contributed by atoms with E-state index in [1.54, 1.807) is 0 Å². The minimum Gasteiger partial charge on any atom is -0.476 e. The van der Waals surface area contributed by atoms with Crippen LogP contribution in [0.25, 0.3) is 5.69 Å². The Morgan fingerprint density at radius 3 is 2.36 bits per heavy atom. The van der Waals surface area contributed by atoms with Gasteiger partial charge in [-0.15, -0.1) is 15.0 Å². The van der Waals surface area contributed by atoms with E-state index >= 15 is 0 Å². The maximum absolute atomic E-state index is 11.5. The molecule has 7 nitrogen and oxygen atoms in total. The van der Waals surface area contributed by atoms with Crippen molar-refractivity contribution in [2.75, 3.05) is 38.1 Å². The van der Waals surface area contributed by atoms with Gasteiger partial charge in [0.05, 0.1) is 5.69 Å². The fourth-order valence-electron chi connectivity index (χ4n) is 2.36. The first kappa shape index (κ1) is 15.0. The van der Waals surface area contributed by atoms with Crippen molar-refractivity contribution in [3.8, 4) is 5.69 Å². The van der Waals surface area contributed by atoms with Crippen LogP contribution in [0.2, 0.25) is 0 Å². The Balaban J connectivity index is 1.95. The average Bonchev–Trinajstić information content (AvgIpc) is 2.94. The number of halogens is 1. The summed E-state index contributed by atoms with van der Waals surface area (Å²) in [6.45, 7) is 3.25. The van der Waals surface area contributed by atoms with Crippen molar-refractivity contribution in [1.82, 2.24) is 19.9 Å². The summed E-state index contributed by atoms with van der Waals surface area (Å²) in [4.78, 5) is 17.0. The molecule has 0 spiro atoms. The van der Waals surface area contributed by atoms with Crippen LogP contribution in [-0.4, -0.2) is 64.2 Å². The van der Waals surface area contributed by atoms with E-state index in [2.05, 4.69) is 31.0 Å². The van der Waals surface area contributed by atoms with E-state index < -0.39 is 5.97 Å². The molecule has 2 heterocycles. The van der Waals surface area contributed by atoms with Crippen LogP contribution in [0.1, 0.15) is 10.5 Å². The van der Waals surface area contributed by atoms with Gasteiger partial charge in [0.1, 0.15) is 0 Å². The van der Waals surface area contributed by atoms with Crippen LogP contribution in [0.3, 0.4) is 0 Å². The average molecular weight is 366 g/mol. The number of anilines is 1. The number of hydrogen-bond donors (Lipinski definition) is 1. The topological polar surface area (TPSA) is 74.5 Å². The second kappa shape index (κ2) is 6.05. The van der Waals surface area contributed by atoms with Gasteiger partial charge >= 0.3 is 5.97 Å². The van der Waals surface area contributed by atoms with Gasteiger partial charge in [-0.05, 0) is 31.3 Å². The van der Waals surface area contributed by atoms with Crippen LogP contribution in [0, 0.1) is 0 Å². The van der Waals surface area contributed by atoms with Crippen molar-refractivity contribution in [2.45, 2.75) is 0 Å². The second-order valence-corrected chi connectivity index (χ2v) is 6.15. The summed E-state index contributed by atoms with van der Waals surface area (Å²) in [5.41, 5.74) is 0.721. The largest absolute Gasteiger partial charge is 0.476 e. The summed E-state index contributed by atoms with van der Waals surface area (Å²) in [5.74, 6) is -0.624. The van der Waals surface area contributed by atoms with E-state index in [-0.39, 0.29) is 5.69 Å². The predicted octanol–water partition coefficient (Wildman–Crippen LogP) is 1.48. The van der Waals surface area contributed by atoms with Gasteiger partial charge in [0.15, 0.2) is 5.82 Å².